The molecule has 1 aliphatic heterocycles. The van der Waals surface area contributed by atoms with Gasteiger partial charge in [0.15, 0.2) is 5.54 Å². The van der Waals surface area contributed by atoms with Gasteiger partial charge < -0.3 is 15.5 Å². The summed E-state index contributed by atoms with van der Waals surface area (Å²) in [6.07, 6.45) is 0.653. The first-order chi connectivity index (χ1) is 18.1. The summed E-state index contributed by atoms with van der Waals surface area (Å²) < 4.78 is 0. The molecule has 0 fully saturated rings. The molecular formula is C31H27N3O3. The van der Waals surface area contributed by atoms with Crippen LogP contribution < -0.4 is 15.5 Å². The van der Waals surface area contributed by atoms with Crippen molar-refractivity contribution in [3.63, 3.8) is 0 Å². The van der Waals surface area contributed by atoms with Crippen molar-refractivity contribution in [2.24, 2.45) is 0 Å². The first-order valence-corrected chi connectivity index (χ1v) is 12.2. The van der Waals surface area contributed by atoms with E-state index in [2.05, 4.69) is 10.6 Å². The zero-order valence-corrected chi connectivity index (χ0v) is 20.3. The standard InChI is InChI=1S/C31H27N3O3/c35-28(24-14-6-2-7-15-24)32-22-31(33-29(36)25-16-8-3-9-17-25)26-18-10-11-19-27(26)34(30(31)37)21-20-23-12-4-1-5-13-23/h1-19H,20-22H2,(H,32,35)(H,33,36). The van der Waals surface area contributed by atoms with Crippen LogP contribution in [0.5, 0.6) is 0 Å². The maximum absolute atomic E-state index is 14.2. The fourth-order valence-corrected chi connectivity index (χ4v) is 4.73. The molecule has 3 amide bonds. The largest absolute Gasteiger partial charge is 0.349 e. The van der Waals surface area contributed by atoms with E-state index in [0.717, 1.165) is 11.3 Å². The van der Waals surface area contributed by atoms with Crippen molar-refractivity contribution < 1.29 is 14.4 Å². The van der Waals surface area contributed by atoms with Gasteiger partial charge in [-0.05, 0) is 42.3 Å². The lowest BCUT2D eigenvalue weighted by Gasteiger charge is -2.30. The number of fused-ring (bicyclic) bond motifs is 1. The van der Waals surface area contributed by atoms with Gasteiger partial charge in [-0.3, -0.25) is 14.4 Å². The molecule has 0 radical (unpaired) electrons. The number of carbonyl (C=O) groups is 3. The smallest absolute Gasteiger partial charge is 0.259 e. The van der Waals surface area contributed by atoms with Crippen LogP contribution >= 0.6 is 0 Å². The van der Waals surface area contributed by atoms with Crippen molar-refractivity contribution in [1.29, 1.82) is 0 Å². The molecule has 4 aromatic carbocycles. The van der Waals surface area contributed by atoms with Crippen molar-refractivity contribution in [3.05, 3.63) is 138 Å². The van der Waals surface area contributed by atoms with Crippen LogP contribution in [0.4, 0.5) is 5.69 Å². The van der Waals surface area contributed by atoms with Gasteiger partial charge in [0, 0.05) is 28.9 Å². The van der Waals surface area contributed by atoms with Crippen molar-refractivity contribution >= 4 is 23.4 Å². The van der Waals surface area contributed by atoms with E-state index in [1.165, 1.54) is 0 Å². The van der Waals surface area contributed by atoms with E-state index in [-0.39, 0.29) is 24.3 Å². The van der Waals surface area contributed by atoms with Crippen LogP contribution in [0.3, 0.4) is 0 Å². The number of para-hydroxylation sites is 1. The number of amides is 3. The zero-order valence-electron chi connectivity index (χ0n) is 20.3. The highest BCUT2D eigenvalue weighted by Crippen LogP contribution is 2.40. The second-order valence-electron chi connectivity index (χ2n) is 8.98. The predicted octanol–water partition coefficient (Wildman–Crippen LogP) is 4.33. The lowest BCUT2D eigenvalue weighted by Crippen LogP contribution is -2.59. The van der Waals surface area contributed by atoms with Crippen molar-refractivity contribution in [2.45, 2.75) is 12.0 Å². The maximum Gasteiger partial charge on any atom is 0.259 e. The van der Waals surface area contributed by atoms with E-state index in [0.29, 0.717) is 29.7 Å². The van der Waals surface area contributed by atoms with E-state index in [4.69, 9.17) is 0 Å². The second-order valence-corrected chi connectivity index (χ2v) is 8.98. The molecule has 0 aliphatic carbocycles. The van der Waals surface area contributed by atoms with Gasteiger partial charge in [0.1, 0.15) is 0 Å². The van der Waals surface area contributed by atoms with Gasteiger partial charge in [-0.2, -0.15) is 0 Å². The molecule has 2 N–H and O–H groups in total. The van der Waals surface area contributed by atoms with E-state index in [1.54, 1.807) is 53.4 Å². The number of nitrogens with zero attached hydrogens (tertiary/aromatic N) is 1. The molecule has 1 unspecified atom stereocenters. The van der Waals surface area contributed by atoms with Crippen LogP contribution in [-0.4, -0.2) is 30.8 Å². The number of nitrogens with one attached hydrogen (secondary N) is 2. The molecule has 0 aromatic heterocycles. The molecule has 0 spiro atoms. The average Bonchev–Trinajstić information content (AvgIpc) is 3.19. The van der Waals surface area contributed by atoms with Crippen LogP contribution in [0.2, 0.25) is 0 Å². The molecule has 184 valence electrons. The quantitative estimate of drug-likeness (QED) is 0.387. The lowest BCUT2D eigenvalue weighted by atomic mass is 9.90. The van der Waals surface area contributed by atoms with E-state index in [1.807, 2.05) is 66.7 Å². The minimum absolute atomic E-state index is 0.0863. The normalized spacial score (nSPS) is 16.2. The molecule has 0 saturated carbocycles. The molecule has 1 heterocycles. The van der Waals surface area contributed by atoms with Gasteiger partial charge in [0.25, 0.3) is 17.7 Å². The molecule has 37 heavy (non-hydrogen) atoms. The number of hydrogen-bond donors (Lipinski definition) is 2. The molecule has 0 saturated heterocycles. The monoisotopic (exact) mass is 489 g/mol. The average molecular weight is 490 g/mol. The summed E-state index contributed by atoms with van der Waals surface area (Å²) in [5.41, 5.74) is 1.95. The molecule has 0 bridgehead atoms. The Labute approximate surface area is 215 Å². The molecule has 1 atom stereocenters. The second kappa shape index (κ2) is 10.5. The third-order valence-electron chi connectivity index (χ3n) is 6.64. The summed E-state index contributed by atoms with van der Waals surface area (Å²) in [5, 5.41) is 5.91. The van der Waals surface area contributed by atoms with E-state index in [9.17, 15) is 14.4 Å². The Morgan fingerprint density at radius 3 is 1.86 bits per heavy atom. The fourth-order valence-electron chi connectivity index (χ4n) is 4.73. The summed E-state index contributed by atoms with van der Waals surface area (Å²) in [6.45, 7) is 0.354. The first kappa shape index (κ1) is 24.0. The Balaban J connectivity index is 1.49. The summed E-state index contributed by atoms with van der Waals surface area (Å²) >= 11 is 0. The highest BCUT2D eigenvalue weighted by atomic mass is 16.2. The third-order valence-corrected chi connectivity index (χ3v) is 6.64. The number of benzene rings is 4. The third kappa shape index (κ3) is 4.86. The Kier molecular flexibility index (Phi) is 6.81. The van der Waals surface area contributed by atoms with Gasteiger partial charge in [-0.15, -0.1) is 0 Å². The van der Waals surface area contributed by atoms with Crippen LogP contribution in [-0.2, 0) is 16.8 Å². The van der Waals surface area contributed by atoms with Crippen LogP contribution in [0.25, 0.3) is 0 Å². The lowest BCUT2D eigenvalue weighted by molar-refractivity contribution is -0.123. The molecule has 6 heteroatoms. The summed E-state index contributed by atoms with van der Waals surface area (Å²) in [7, 11) is 0. The molecule has 6 nitrogen and oxygen atoms in total. The first-order valence-electron chi connectivity index (χ1n) is 12.2. The van der Waals surface area contributed by atoms with Crippen molar-refractivity contribution in [1.82, 2.24) is 10.6 Å². The number of anilines is 1. The number of rotatable bonds is 8. The van der Waals surface area contributed by atoms with Gasteiger partial charge >= 0.3 is 0 Å². The fraction of sp³-hybridized carbons (Fsp3) is 0.129. The number of hydrogen-bond acceptors (Lipinski definition) is 3. The molecule has 1 aliphatic rings. The number of carbonyl (C=O) groups excluding carboxylic acids is 3. The van der Waals surface area contributed by atoms with Gasteiger partial charge in [-0.1, -0.05) is 84.9 Å². The Hall–Kier alpha value is -4.71. The summed E-state index contributed by atoms with van der Waals surface area (Å²) in [6, 6.07) is 35.0. The SMILES string of the molecule is O=C(NCC1(NC(=O)c2ccccc2)C(=O)N(CCc2ccccc2)c2ccccc21)c1ccccc1. The van der Waals surface area contributed by atoms with Crippen LogP contribution in [0.1, 0.15) is 31.8 Å². The van der Waals surface area contributed by atoms with Crippen LogP contribution in [0.15, 0.2) is 115 Å². The summed E-state index contributed by atoms with van der Waals surface area (Å²) in [5.74, 6) is -0.980. The summed E-state index contributed by atoms with van der Waals surface area (Å²) in [4.78, 5) is 42.2. The van der Waals surface area contributed by atoms with Crippen LogP contribution in [0, 0.1) is 0 Å². The molecule has 4 aromatic rings. The Morgan fingerprint density at radius 2 is 1.22 bits per heavy atom. The molecular weight excluding hydrogens is 462 g/mol. The van der Waals surface area contributed by atoms with Gasteiger partial charge in [0.05, 0.1) is 6.54 Å². The maximum atomic E-state index is 14.2. The molecule has 5 rings (SSSR count). The Morgan fingerprint density at radius 1 is 0.676 bits per heavy atom. The highest BCUT2D eigenvalue weighted by molar-refractivity contribution is 6.11. The minimum atomic E-state index is -1.45. The van der Waals surface area contributed by atoms with Gasteiger partial charge in [0.2, 0.25) is 0 Å². The van der Waals surface area contributed by atoms with E-state index >= 15 is 0 Å². The highest BCUT2D eigenvalue weighted by Gasteiger charge is 2.52. The predicted molar refractivity (Wildman–Crippen MR) is 143 cm³/mol. The topological polar surface area (TPSA) is 78.5 Å². The van der Waals surface area contributed by atoms with Gasteiger partial charge in [-0.25, -0.2) is 0 Å². The van der Waals surface area contributed by atoms with Crippen molar-refractivity contribution in [3.8, 4) is 0 Å². The van der Waals surface area contributed by atoms with Crippen molar-refractivity contribution in [2.75, 3.05) is 18.0 Å². The minimum Gasteiger partial charge on any atom is -0.349 e. The Bertz CT molecular complexity index is 1410. The zero-order chi connectivity index (χ0) is 25.7. The van der Waals surface area contributed by atoms with E-state index < -0.39 is 5.54 Å².